The third kappa shape index (κ3) is 1.89. The molecule has 0 unspecified atom stereocenters. The van der Waals surface area contributed by atoms with Crippen LogP contribution in [0.25, 0.3) is 21.9 Å². The molecule has 0 spiro atoms. The van der Waals surface area contributed by atoms with Crippen molar-refractivity contribution < 1.29 is 28.8 Å². The average Bonchev–Trinajstić information content (AvgIpc) is 3.28. The molecule has 2 aliphatic heterocycles. The minimum absolute atomic E-state index is 0.0257. The quantitative estimate of drug-likeness (QED) is 0.712. The number of aromatic hydroxyl groups is 1. The highest BCUT2D eigenvalue weighted by Gasteiger charge is 2.33. The molecule has 0 aromatic heterocycles. The molecule has 0 saturated heterocycles. The van der Waals surface area contributed by atoms with Crippen LogP contribution in [0, 0.1) is 0 Å². The number of phenols is 1. The van der Waals surface area contributed by atoms with E-state index in [9.17, 15) is 9.90 Å². The number of esters is 1. The second kappa shape index (κ2) is 5.29. The van der Waals surface area contributed by atoms with Gasteiger partial charge in [-0.3, -0.25) is 0 Å². The van der Waals surface area contributed by atoms with Gasteiger partial charge in [0.25, 0.3) is 0 Å². The summed E-state index contributed by atoms with van der Waals surface area (Å²) in [6.45, 7) is 0.157. The normalized spacial score (nSPS) is 14.4. The van der Waals surface area contributed by atoms with E-state index in [4.69, 9.17) is 18.9 Å². The fourth-order valence-electron chi connectivity index (χ4n) is 3.62. The average molecular weight is 350 g/mol. The first-order valence-electron chi connectivity index (χ1n) is 8.10. The van der Waals surface area contributed by atoms with Crippen LogP contribution in [0.4, 0.5) is 0 Å². The molecule has 3 aromatic carbocycles. The van der Waals surface area contributed by atoms with Gasteiger partial charge in [0.2, 0.25) is 6.79 Å². The topological polar surface area (TPSA) is 74.2 Å². The zero-order valence-corrected chi connectivity index (χ0v) is 13.9. The molecule has 0 atom stereocenters. The fourth-order valence-corrected chi connectivity index (χ4v) is 3.62. The van der Waals surface area contributed by atoms with Crippen molar-refractivity contribution >= 4 is 16.7 Å². The van der Waals surface area contributed by atoms with Crippen molar-refractivity contribution in [1.82, 2.24) is 0 Å². The van der Waals surface area contributed by atoms with Crippen LogP contribution >= 0.6 is 0 Å². The van der Waals surface area contributed by atoms with Crippen molar-refractivity contribution in [2.75, 3.05) is 13.9 Å². The van der Waals surface area contributed by atoms with Gasteiger partial charge in [-0.2, -0.15) is 0 Å². The lowest BCUT2D eigenvalue weighted by atomic mass is 9.89. The second-order valence-corrected chi connectivity index (χ2v) is 6.10. The molecule has 0 fully saturated rings. The van der Waals surface area contributed by atoms with Crippen molar-refractivity contribution in [2.45, 2.75) is 6.61 Å². The molecule has 1 N–H and O–H groups in total. The Morgan fingerprint density at radius 3 is 2.50 bits per heavy atom. The van der Waals surface area contributed by atoms with Gasteiger partial charge >= 0.3 is 5.97 Å². The van der Waals surface area contributed by atoms with E-state index >= 15 is 0 Å². The molecule has 3 aromatic rings. The molecule has 0 amide bonds. The number of phenolic OH excluding ortho intramolecular Hbond substituents is 1. The number of rotatable bonds is 2. The number of ether oxygens (including phenoxy) is 4. The molecular weight excluding hydrogens is 336 g/mol. The predicted molar refractivity (Wildman–Crippen MR) is 92.8 cm³/mol. The Kier molecular flexibility index (Phi) is 3.03. The molecule has 0 bridgehead atoms. The Balaban J connectivity index is 1.97. The summed E-state index contributed by atoms with van der Waals surface area (Å²) in [5.74, 6) is 1.32. The van der Waals surface area contributed by atoms with Gasteiger partial charge in [0.1, 0.15) is 18.1 Å². The van der Waals surface area contributed by atoms with Gasteiger partial charge in [0, 0.05) is 22.1 Å². The zero-order valence-electron chi connectivity index (χ0n) is 13.9. The van der Waals surface area contributed by atoms with Crippen LogP contribution in [0.3, 0.4) is 0 Å². The standard InChI is InChI=1S/C20H14O6/c1-23-14-5-3-2-4-10(14)17-11-6-15-16(26-9-25-15)7-12(11)19(21)13-8-24-20(22)18(13)17/h2-7,21H,8-9H2,1H3. The van der Waals surface area contributed by atoms with E-state index in [0.29, 0.717) is 44.7 Å². The van der Waals surface area contributed by atoms with Gasteiger partial charge in [-0.15, -0.1) is 0 Å². The molecule has 6 nitrogen and oxygen atoms in total. The number of benzene rings is 3. The highest BCUT2D eigenvalue weighted by atomic mass is 16.7. The minimum Gasteiger partial charge on any atom is -0.507 e. The molecule has 0 radical (unpaired) electrons. The van der Waals surface area contributed by atoms with Crippen molar-refractivity contribution in [3.05, 3.63) is 47.5 Å². The van der Waals surface area contributed by atoms with Crippen LogP contribution in [-0.2, 0) is 11.3 Å². The SMILES string of the molecule is COc1ccccc1-c1c2c(c(O)c3cc4c(cc13)OCO4)COC2=O. The van der Waals surface area contributed by atoms with Gasteiger partial charge in [-0.1, -0.05) is 18.2 Å². The summed E-state index contributed by atoms with van der Waals surface area (Å²) < 4.78 is 21.6. The number of para-hydroxylation sites is 1. The van der Waals surface area contributed by atoms with Gasteiger partial charge in [-0.25, -0.2) is 4.79 Å². The predicted octanol–water partition coefficient (Wildman–Crippen LogP) is 3.62. The maximum atomic E-state index is 12.5. The fraction of sp³-hybridized carbons (Fsp3) is 0.150. The maximum Gasteiger partial charge on any atom is 0.339 e. The maximum absolute atomic E-state index is 12.5. The summed E-state index contributed by atoms with van der Waals surface area (Å²) in [7, 11) is 1.58. The second-order valence-electron chi connectivity index (χ2n) is 6.10. The number of cyclic esters (lactones) is 1. The molecule has 0 saturated carbocycles. The van der Waals surface area contributed by atoms with Crippen molar-refractivity contribution in [2.24, 2.45) is 0 Å². The summed E-state index contributed by atoms with van der Waals surface area (Å²) >= 11 is 0. The van der Waals surface area contributed by atoms with E-state index in [-0.39, 0.29) is 19.1 Å². The molecule has 0 aliphatic carbocycles. The van der Waals surface area contributed by atoms with Gasteiger partial charge < -0.3 is 24.1 Å². The van der Waals surface area contributed by atoms with E-state index < -0.39 is 5.97 Å². The first-order valence-corrected chi connectivity index (χ1v) is 8.10. The Hall–Kier alpha value is -3.41. The largest absolute Gasteiger partial charge is 0.507 e. The van der Waals surface area contributed by atoms with Gasteiger partial charge in [-0.05, 0) is 23.6 Å². The Morgan fingerprint density at radius 2 is 1.73 bits per heavy atom. The molecule has 130 valence electrons. The highest BCUT2D eigenvalue weighted by molar-refractivity contribution is 6.14. The molecule has 26 heavy (non-hydrogen) atoms. The number of carbonyl (C=O) groups is 1. The highest BCUT2D eigenvalue weighted by Crippen LogP contribution is 2.49. The summed E-state index contributed by atoms with van der Waals surface area (Å²) in [5.41, 5.74) is 2.24. The van der Waals surface area contributed by atoms with Gasteiger partial charge in [0.05, 0.1) is 12.7 Å². The van der Waals surface area contributed by atoms with E-state index in [2.05, 4.69) is 0 Å². The van der Waals surface area contributed by atoms with Crippen LogP contribution in [0.15, 0.2) is 36.4 Å². The van der Waals surface area contributed by atoms with Crippen molar-refractivity contribution in [1.29, 1.82) is 0 Å². The third-order valence-corrected chi connectivity index (χ3v) is 4.80. The van der Waals surface area contributed by atoms with Crippen LogP contribution in [0.5, 0.6) is 23.0 Å². The number of hydrogen-bond donors (Lipinski definition) is 1. The van der Waals surface area contributed by atoms with Crippen LogP contribution in [0.2, 0.25) is 0 Å². The van der Waals surface area contributed by atoms with E-state index in [0.717, 1.165) is 5.56 Å². The molecule has 2 heterocycles. The van der Waals surface area contributed by atoms with Crippen molar-refractivity contribution in [3.63, 3.8) is 0 Å². The lowest BCUT2D eigenvalue weighted by molar-refractivity contribution is 0.0535. The lowest BCUT2D eigenvalue weighted by Gasteiger charge is -2.16. The van der Waals surface area contributed by atoms with Crippen LogP contribution < -0.4 is 14.2 Å². The lowest BCUT2D eigenvalue weighted by Crippen LogP contribution is -2.00. The van der Waals surface area contributed by atoms with Gasteiger partial charge in [0.15, 0.2) is 11.5 Å². The summed E-state index contributed by atoms with van der Waals surface area (Å²) in [6, 6.07) is 10.9. The number of fused-ring (bicyclic) bond motifs is 3. The van der Waals surface area contributed by atoms with Crippen molar-refractivity contribution in [3.8, 4) is 34.1 Å². The molecular formula is C20H14O6. The Morgan fingerprint density at radius 1 is 1.00 bits per heavy atom. The molecule has 6 heteroatoms. The van der Waals surface area contributed by atoms with E-state index in [1.807, 2.05) is 24.3 Å². The van der Waals surface area contributed by atoms with E-state index in [1.54, 1.807) is 19.2 Å². The number of methoxy groups -OCH3 is 1. The van der Waals surface area contributed by atoms with Crippen LogP contribution in [0.1, 0.15) is 15.9 Å². The number of hydrogen-bond acceptors (Lipinski definition) is 6. The molecule has 2 aliphatic rings. The Bertz CT molecular complexity index is 1090. The first-order chi connectivity index (χ1) is 12.7. The molecule has 5 rings (SSSR count). The zero-order chi connectivity index (χ0) is 17.8. The Labute approximate surface area is 148 Å². The smallest absolute Gasteiger partial charge is 0.339 e. The summed E-state index contributed by atoms with van der Waals surface area (Å²) in [6.07, 6.45) is 0. The minimum atomic E-state index is -0.462. The first kappa shape index (κ1) is 14.9. The van der Waals surface area contributed by atoms with E-state index in [1.165, 1.54) is 0 Å². The third-order valence-electron chi connectivity index (χ3n) is 4.80. The van der Waals surface area contributed by atoms with Crippen LogP contribution in [-0.4, -0.2) is 25.0 Å². The monoisotopic (exact) mass is 350 g/mol. The number of carbonyl (C=O) groups excluding carboxylic acids is 1. The summed E-state index contributed by atoms with van der Waals surface area (Å²) in [4.78, 5) is 12.5. The summed E-state index contributed by atoms with van der Waals surface area (Å²) in [5, 5.41) is 12.0.